The van der Waals surface area contributed by atoms with E-state index >= 15 is 0 Å². The van der Waals surface area contributed by atoms with Crippen molar-refractivity contribution in [2.24, 2.45) is 0 Å². The first-order valence-electron chi connectivity index (χ1n) is 3.20. The third-order valence-corrected chi connectivity index (χ3v) is 1.50. The van der Waals surface area contributed by atoms with Crippen LogP contribution < -0.4 is 10.8 Å². The predicted molar refractivity (Wildman–Crippen MR) is 35.0 cm³/mol. The molecule has 0 unspecified atom stereocenters. The third kappa shape index (κ3) is 1.26. The Hall–Kier alpha value is -1.79. The minimum Gasteiger partial charge on any atom is -0.545 e. The highest BCUT2D eigenvalue weighted by molar-refractivity contribution is 5.87. The van der Waals surface area contributed by atoms with Gasteiger partial charge in [0.25, 0.3) is 0 Å². The first kappa shape index (κ1) is 10.3. The van der Waals surface area contributed by atoms with Crippen molar-refractivity contribution >= 4 is 11.7 Å². The van der Waals surface area contributed by atoms with Crippen LogP contribution in [0.1, 0.15) is 10.4 Å². The van der Waals surface area contributed by atoms with E-state index in [2.05, 4.69) is 5.73 Å². The minimum atomic E-state index is -2.36. The summed E-state index contributed by atoms with van der Waals surface area (Å²) in [6.07, 6.45) is 0. The lowest BCUT2D eigenvalue weighted by Gasteiger charge is -2.09. The number of carbonyl (C=O) groups excluding carboxylic acids is 1. The zero-order valence-electron chi connectivity index (χ0n) is 6.41. The van der Waals surface area contributed by atoms with E-state index in [4.69, 9.17) is 0 Å². The number of nitrogens with two attached hydrogens (primary N) is 1. The molecular formula is C7H2F4NO2-. The maximum absolute atomic E-state index is 12.7. The molecule has 0 bridgehead atoms. The van der Waals surface area contributed by atoms with Crippen molar-refractivity contribution in [3.63, 3.8) is 0 Å². The van der Waals surface area contributed by atoms with Crippen LogP contribution in [0.4, 0.5) is 23.2 Å². The molecule has 7 heteroatoms. The summed E-state index contributed by atoms with van der Waals surface area (Å²) in [5.74, 6) is -10.4. The Morgan fingerprint density at radius 1 is 1.00 bits per heavy atom. The quantitative estimate of drug-likeness (QED) is 0.407. The van der Waals surface area contributed by atoms with Gasteiger partial charge in [-0.15, -0.1) is 0 Å². The van der Waals surface area contributed by atoms with Gasteiger partial charge in [-0.2, -0.15) is 0 Å². The number of anilines is 1. The van der Waals surface area contributed by atoms with Gasteiger partial charge in [-0.05, 0) is 0 Å². The van der Waals surface area contributed by atoms with Crippen molar-refractivity contribution in [1.82, 2.24) is 0 Å². The fraction of sp³-hybridized carbons (Fsp3) is 0. The number of benzene rings is 1. The standard InChI is InChI=1S/C7H3F4NO2/c8-2-1(7(13)14)3(9)5(11)6(12)4(2)10/h12H2,(H,13,14)/p-1. The van der Waals surface area contributed by atoms with Crippen LogP contribution in [0.25, 0.3) is 0 Å². The fourth-order valence-electron chi connectivity index (χ4n) is 0.828. The monoisotopic (exact) mass is 208 g/mol. The number of hydrogen-bond acceptors (Lipinski definition) is 3. The molecule has 0 aliphatic heterocycles. The van der Waals surface area contributed by atoms with Crippen LogP contribution in [-0.4, -0.2) is 5.97 Å². The van der Waals surface area contributed by atoms with Crippen LogP contribution in [0.5, 0.6) is 0 Å². The Morgan fingerprint density at radius 2 is 1.36 bits per heavy atom. The van der Waals surface area contributed by atoms with Gasteiger partial charge in [-0.3, -0.25) is 0 Å². The van der Waals surface area contributed by atoms with Gasteiger partial charge in [-0.25, -0.2) is 17.6 Å². The van der Waals surface area contributed by atoms with Gasteiger partial charge >= 0.3 is 0 Å². The minimum absolute atomic E-state index is 1.41. The molecule has 14 heavy (non-hydrogen) atoms. The van der Waals surface area contributed by atoms with Crippen LogP contribution in [0.3, 0.4) is 0 Å². The van der Waals surface area contributed by atoms with E-state index in [9.17, 15) is 27.5 Å². The second-order valence-corrected chi connectivity index (χ2v) is 2.33. The first-order chi connectivity index (χ1) is 6.37. The fourth-order valence-corrected chi connectivity index (χ4v) is 0.828. The number of hydrogen-bond donors (Lipinski definition) is 1. The molecule has 1 rings (SSSR count). The van der Waals surface area contributed by atoms with Crippen LogP contribution >= 0.6 is 0 Å². The van der Waals surface area contributed by atoms with Crippen LogP contribution in [0.2, 0.25) is 0 Å². The van der Waals surface area contributed by atoms with Crippen molar-refractivity contribution in [3.05, 3.63) is 28.8 Å². The Kier molecular flexibility index (Phi) is 2.33. The Morgan fingerprint density at radius 3 is 1.64 bits per heavy atom. The van der Waals surface area contributed by atoms with Crippen molar-refractivity contribution < 1.29 is 27.5 Å². The first-order valence-corrected chi connectivity index (χ1v) is 3.20. The number of aromatic carboxylic acids is 1. The molecule has 0 spiro atoms. The van der Waals surface area contributed by atoms with Gasteiger partial charge < -0.3 is 15.6 Å². The van der Waals surface area contributed by atoms with E-state index in [-0.39, 0.29) is 0 Å². The summed E-state index contributed by atoms with van der Waals surface area (Å²) in [5, 5.41) is 10.1. The van der Waals surface area contributed by atoms with Crippen LogP contribution in [0, 0.1) is 23.3 Å². The maximum Gasteiger partial charge on any atom is 0.185 e. The second-order valence-electron chi connectivity index (χ2n) is 2.33. The molecular weight excluding hydrogens is 206 g/mol. The van der Waals surface area contributed by atoms with Gasteiger partial charge in [0.15, 0.2) is 23.3 Å². The van der Waals surface area contributed by atoms with Crippen molar-refractivity contribution in [3.8, 4) is 0 Å². The van der Waals surface area contributed by atoms with Crippen LogP contribution in [-0.2, 0) is 0 Å². The van der Waals surface area contributed by atoms with E-state index in [1.54, 1.807) is 0 Å². The second kappa shape index (κ2) is 3.17. The molecule has 0 saturated carbocycles. The highest BCUT2D eigenvalue weighted by Gasteiger charge is 2.24. The Labute approximate surface area is 74.8 Å². The molecule has 0 aliphatic carbocycles. The lowest BCUT2D eigenvalue weighted by Crippen LogP contribution is -2.26. The molecule has 0 aliphatic rings. The van der Waals surface area contributed by atoms with Gasteiger partial charge in [0.1, 0.15) is 5.69 Å². The molecule has 0 radical (unpaired) electrons. The molecule has 0 atom stereocenters. The molecule has 3 nitrogen and oxygen atoms in total. The summed E-state index contributed by atoms with van der Waals surface area (Å²) >= 11 is 0. The van der Waals surface area contributed by atoms with E-state index < -0.39 is 40.5 Å². The Bertz CT molecular complexity index is 390. The van der Waals surface area contributed by atoms with E-state index in [0.29, 0.717) is 0 Å². The summed E-state index contributed by atoms with van der Waals surface area (Å²) in [6, 6.07) is 0. The Balaban J connectivity index is 3.68. The van der Waals surface area contributed by atoms with Gasteiger partial charge in [0, 0.05) is 0 Å². The zero-order valence-corrected chi connectivity index (χ0v) is 6.41. The number of carboxylic acid groups (broad SMARTS) is 1. The molecule has 0 aromatic heterocycles. The van der Waals surface area contributed by atoms with Crippen molar-refractivity contribution in [1.29, 1.82) is 0 Å². The molecule has 2 N–H and O–H groups in total. The normalized spacial score (nSPS) is 10.3. The maximum atomic E-state index is 12.7. The topological polar surface area (TPSA) is 66.2 Å². The average molecular weight is 208 g/mol. The molecule has 1 aromatic carbocycles. The molecule has 76 valence electrons. The van der Waals surface area contributed by atoms with Gasteiger partial charge in [0.05, 0.1) is 11.5 Å². The molecule has 0 saturated heterocycles. The molecule has 0 amide bonds. The number of rotatable bonds is 1. The third-order valence-electron chi connectivity index (χ3n) is 1.50. The van der Waals surface area contributed by atoms with Crippen molar-refractivity contribution in [2.75, 3.05) is 5.73 Å². The SMILES string of the molecule is Nc1c(F)c(F)c(C(=O)[O-])c(F)c1F. The molecule has 0 heterocycles. The van der Waals surface area contributed by atoms with Crippen LogP contribution in [0.15, 0.2) is 0 Å². The average Bonchev–Trinajstić information content (AvgIpc) is 2.11. The summed E-state index contributed by atoms with van der Waals surface area (Å²) in [5.41, 5.74) is 1.39. The highest BCUT2D eigenvalue weighted by Crippen LogP contribution is 2.25. The highest BCUT2D eigenvalue weighted by atomic mass is 19.2. The number of halogens is 4. The van der Waals surface area contributed by atoms with Gasteiger partial charge in [-0.1, -0.05) is 0 Å². The number of carboxylic acids is 1. The largest absolute Gasteiger partial charge is 0.545 e. The van der Waals surface area contributed by atoms with Crippen molar-refractivity contribution in [2.45, 2.75) is 0 Å². The van der Waals surface area contributed by atoms with E-state index in [1.807, 2.05) is 0 Å². The van der Waals surface area contributed by atoms with E-state index in [0.717, 1.165) is 0 Å². The summed E-state index contributed by atoms with van der Waals surface area (Å²) in [7, 11) is 0. The number of carbonyl (C=O) groups is 1. The summed E-state index contributed by atoms with van der Waals surface area (Å²) in [6.45, 7) is 0. The molecule has 0 fully saturated rings. The smallest absolute Gasteiger partial charge is 0.185 e. The van der Waals surface area contributed by atoms with E-state index in [1.165, 1.54) is 0 Å². The summed E-state index contributed by atoms with van der Waals surface area (Å²) < 4.78 is 50.5. The lowest BCUT2D eigenvalue weighted by molar-refractivity contribution is -0.255. The predicted octanol–water partition coefficient (Wildman–Crippen LogP) is 0.189. The molecule has 1 aromatic rings. The summed E-state index contributed by atoms with van der Waals surface area (Å²) in [4.78, 5) is 10.1. The van der Waals surface area contributed by atoms with Gasteiger partial charge in [0.2, 0.25) is 0 Å². The number of nitrogen functional groups attached to an aromatic ring is 1. The lowest BCUT2D eigenvalue weighted by atomic mass is 10.1. The zero-order chi connectivity index (χ0) is 11.0.